The Bertz CT molecular complexity index is 1150. The first-order valence-electron chi connectivity index (χ1n) is 9.86. The average Bonchev–Trinajstić information content (AvgIpc) is 2.82. The van der Waals surface area contributed by atoms with Crippen LogP contribution in [0.3, 0.4) is 0 Å². The first-order chi connectivity index (χ1) is 16.0. The van der Waals surface area contributed by atoms with Gasteiger partial charge in [0.2, 0.25) is 0 Å². The van der Waals surface area contributed by atoms with Gasteiger partial charge in [0, 0.05) is 16.6 Å². The zero-order valence-corrected chi connectivity index (χ0v) is 19.2. The summed E-state index contributed by atoms with van der Waals surface area (Å²) in [4.78, 5) is 23.9. The molecular formula is C24H21Cl2N3O4. The van der Waals surface area contributed by atoms with Crippen LogP contribution in [0.25, 0.3) is 0 Å². The van der Waals surface area contributed by atoms with Gasteiger partial charge in [-0.05, 0) is 47.0 Å². The topological polar surface area (TPSA) is 89.0 Å². The Morgan fingerprint density at radius 2 is 1.76 bits per heavy atom. The van der Waals surface area contributed by atoms with Gasteiger partial charge in [0.1, 0.15) is 6.61 Å². The number of benzene rings is 3. The number of rotatable bonds is 8. The van der Waals surface area contributed by atoms with Gasteiger partial charge in [0.05, 0.1) is 13.3 Å². The molecule has 3 rings (SSSR count). The van der Waals surface area contributed by atoms with E-state index < -0.39 is 11.8 Å². The maximum atomic E-state index is 12.0. The Labute approximate surface area is 201 Å². The standard InChI is InChI=1S/C24H21Cl2N3O4/c1-32-22-11-17(7-10-21(22)33-15-16-5-3-2-4-6-16)13-28-29-24(31)23(30)27-14-18-8-9-19(25)12-20(18)26/h2-13H,14-15H2,1H3,(H,27,30)(H,29,31)/b28-13+. The maximum absolute atomic E-state index is 12.0. The molecule has 0 aliphatic carbocycles. The molecule has 0 bridgehead atoms. The van der Waals surface area contributed by atoms with Gasteiger partial charge in [-0.15, -0.1) is 0 Å². The minimum atomic E-state index is -0.911. The summed E-state index contributed by atoms with van der Waals surface area (Å²) < 4.78 is 11.2. The minimum absolute atomic E-state index is 0.0770. The summed E-state index contributed by atoms with van der Waals surface area (Å²) >= 11 is 11.9. The summed E-state index contributed by atoms with van der Waals surface area (Å²) in [5.74, 6) is -0.673. The van der Waals surface area contributed by atoms with E-state index >= 15 is 0 Å². The Hall–Kier alpha value is -3.55. The van der Waals surface area contributed by atoms with Crippen molar-refractivity contribution in [2.75, 3.05) is 7.11 Å². The number of hydrazone groups is 1. The molecule has 0 aliphatic heterocycles. The molecule has 170 valence electrons. The molecular weight excluding hydrogens is 465 g/mol. The molecule has 33 heavy (non-hydrogen) atoms. The van der Waals surface area contributed by atoms with Gasteiger partial charge in [-0.2, -0.15) is 5.10 Å². The molecule has 0 saturated heterocycles. The van der Waals surface area contributed by atoms with E-state index in [0.717, 1.165) is 5.56 Å². The first kappa shape index (κ1) is 24.1. The molecule has 3 aromatic carbocycles. The van der Waals surface area contributed by atoms with E-state index in [0.29, 0.717) is 39.3 Å². The zero-order chi connectivity index (χ0) is 23.6. The van der Waals surface area contributed by atoms with Crippen molar-refractivity contribution in [3.8, 4) is 11.5 Å². The molecule has 0 spiro atoms. The molecule has 2 N–H and O–H groups in total. The molecule has 0 unspecified atom stereocenters. The van der Waals surface area contributed by atoms with Crippen molar-refractivity contribution < 1.29 is 19.1 Å². The van der Waals surface area contributed by atoms with Crippen molar-refractivity contribution in [2.45, 2.75) is 13.2 Å². The molecule has 2 amide bonds. The summed E-state index contributed by atoms with van der Waals surface area (Å²) in [7, 11) is 1.53. The summed E-state index contributed by atoms with van der Waals surface area (Å²) in [6.45, 7) is 0.477. The van der Waals surface area contributed by atoms with Crippen LogP contribution >= 0.6 is 23.2 Å². The van der Waals surface area contributed by atoms with Crippen molar-refractivity contribution in [2.24, 2.45) is 5.10 Å². The molecule has 0 atom stereocenters. The highest BCUT2D eigenvalue weighted by Gasteiger charge is 2.13. The highest BCUT2D eigenvalue weighted by atomic mass is 35.5. The second-order valence-electron chi connectivity index (χ2n) is 6.80. The Morgan fingerprint density at radius 1 is 0.970 bits per heavy atom. The van der Waals surface area contributed by atoms with Crippen LogP contribution in [0, 0.1) is 0 Å². The van der Waals surface area contributed by atoms with Crippen molar-refractivity contribution in [3.63, 3.8) is 0 Å². The predicted octanol–water partition coefficient (Wildman–Crippen LogP) is 4.35. The second kappa shape index (κ2) is 11.9. The van der Waals surface area contributed by atoms with Crippen LogP contribution in [-0.2, 0) is 22.7 Å². The average molecular weight is 486 g/mol. The molecule has 0 aromatic heterocycles. The van der Waals surface area contributed by atoms with Crippen molar-refractivity contribution in [1.29, 1.82) is 0 Å². The first-order valence-corrected chi connectivity index (χ1v) is 10.6. The number of hydrogen-bond donors (Lipinski definition) is 2. The molecule has 7 nitrogen and oxygen atoms in total. The van der Waals surface area contributed by atoms with E-state index in [-0.39, 0.29) is 6.54 Å². The smallest absolute Gasteiger partial charge is 0.329 e. The Balaban J connectivity index is 1.52. The third-order valence-corrected chi connectivity index (χ3v) is 5.05. The number of methoxy groups -OCH3 is 1. The lowest BCUT2D eigenvalue weighted by atomic mass is 10.2. The monoisotopic (exact) mass is 485 g/mol. The van der Waals surface area contributed by atoms with Crippen LogP contribution < -0.4 is 20.2 Å². The van der Waals surface area contributed by atoms with Crippen LogP contribution in [0.15, 0.2) is 71.8 Å². The lowest BCUT2D eigenvalue weighted by Gasteiger charge is -2.11. The highest BCUT2D eigenvalue weighted by molar-refractivity contribution is 6.36. The normalized spacial score (nSPS) is 10.6. The quantitative estimate of drug-likeness (QED) is 0.282. The number of hydrogen-bond acceptors (Lipinski definition) is 5. The van der Waals surface area contributed by atoms with Gasteiger partial charge < -0.3 is 14.8 Å². The molecule has 0 radical (unpaired) electrons. The summed E-state index contributed by atoms with van der Waals surface area (Å²) in [5.41, 5.74) is 4.49. The number of ether oxygens (including phenoxy) is 2. The van der Waals surface area contributed by atoms with Gasteiger partial charge in [-0.25, -0.2) is 5.43 Å². The summed E-state index contributed by atoms with van der Waals surface area (Å²) in [5, 5.41) is 7.17. The number of halogens is 2. The number of nitrogens with zero attached hydrogens (tertiary/aromatic N) is 1. The highest BCUT2D eigenvalue weighted by Crippen LogP contribution is 2.28. The fraction of sp³-hybridized carbons (Fsp3) is 0.125. The molecule has 0 fully saturated rings. The zero-order valence-electron chi connectivity index (χ0n) is 17.7. The van der Waals surface area contributed by atoms with Crippen LogP contribution in [0.2, 0.25) is 10.0 Å². The van der Waals surface area contributed by atoms with E-state index in [1.54, 1.807) is 36.4 Å². The van der Waals surface area contributed by atoms with Crippen molar-refractivity contribution in [1.82, 2.24) is 10.7 Å². The lowest BCUT2D eigenvalue weighted by molar-refractivity contribution is -0.139. The fourth-order valence-corrected chi connectivity index (χ4v) is 3.23. The van der Waals surface area contributed by atoms with Gasteiger partial charge >= 0.3 is 11.8 Å². The Kier molecular flexibility index (Phi) is 8.69. The van der Waals surface area contributed by atoms with Gasteiger partial charge in [0.25, 0.3) is 0 Å². The second-order valence-corrected chi connectivity index (χ2v) is 7.65. The van der Waals surface area contributed by atoms with E-state index in [9.17, 15) is 9.59 Å². The van der Waals surface area contributed by atoms with Gasteiger partial charge in [0.15, 0.2) is 11.5 Å². The third-order valence-electron chi connectivity index (χ3n) is 4.47. The van der Waals surface area contributed by atoms with E-state index in [4.69, 9.17) is 32.7 Å². The Morgan fingerprint density at radius 3 is 2.48 bits per heavy atom. The molecule has 3 aromatic rings. The summed E-state index contributed by atoms with van der Waals surface area (Å²) in [6.07, 6.45) is 1.39. The van der Waals surface area contributed by atoms with E-state index in [1.807, 2.05) is 30.3 Å². The van der Waals surface area contributed by atoms with Crippen LogP contribution in [0.5, 0.6) is 11.5 Å². The SMILES string of the molecule is COc1cc(/C=N/NC(=O)C(=O)NCc2ccc(Cl)cc2Cl)ccc1OCc1ccccc1. The number of nitrogens with one attached hydrogen (secondary N) is 2. The molecule has 0 saturated carbocycles. The van der Waals surface area contributed by atoms with Gasteiger partial charge in [-0.1, -0.05) is 59.6 Å². The maximum Gasteiger partial charge on any atom is 0.329 e. The number of amides is 2. The van der Waals surface area contributed by atoms with Crippen LogP contribution in [0.1, 0.15) is 16.7 Å². The van der Waals surface area contributed by atoms with Crippen LogP contribution in [0.4, 0.5) is 0 Å². The van der Waals surface area contributed by atoms with E-state index in [2.05, 4.69) is 15.8 Å². The lowest BCUT2D eigenvalue weighted by Crippen LogP contribution is -2.37. The third kappa shape index (κ3) is 7.24. The number of carbonyl (C=O) groups is 2. The fourth-order valence-electron chi connectivity index (χ4n) is 2.76. The summed E-state index contributed by atoms with van der Waals surface area (Å²) in [6, 6.07) is 19.8. The predicted molar refractivity (Wildman–Crippen MR) is 128 cm³/mol. The van der Waals surface area contributed by atoms with Crippen LogP contribution in [-0.4, -0.2) is 25.1 Å². The largest absolute Gasteiger partial charge is 0.493 e. The van der Waals surface area contributed by atoms with Crippen molar-refractivity contribution in [3.05, 3.63) is 93.5 Å². The van der Waals surface area contributed by atoms with Crippen molar-refractivity contribution >= 4 is 41.2 Å². The molecule has 9 heteroatoms. The minimum Gasteiger partial charge on any atom is -0.493 e. The molecule has 0 heterocycles. The van der Waals surface area contributed by atoms with E-state index in [1.165, 1.54) is 13.3 Å². The number of carbonyl (C=O) groups excluding carboxylic acids is 2. The molecule has 0 aliphatic rings. The van der Waals surface area contributed by atoms with Gasteiger partial charge in [-0.3, -0.25) is 9.59 Å².